The van der Waals surface area contributed by atoms with E-state index in [9.17, 15) is 9.18 Å². The van der Waals surface area contributed by atoms with Crippen LogP contribution in [0.15, 0.2) is 18.2 Å². The van der Waals surface area contributed by atoms with E-state index in [4.69, 9.17) is 11.6 Å². The minimum absolute atomic E-state index is 0.0853. The summed E-state index contributed by atoms with van der Waals surface area (Å²) in [6, 6.07) is 4.39. The molecule has 0 unspecified atom stereocenters. The number of benzene rings is 1. The molecule has 1 N–H and O–H groups in total. The van der Waals surface area contributed by atoms with Crippen molar-refractivity contribution in [3.8, 4) is 0 Å². The van der Waals surface area contributed by atoms with Gasteiger partial charge in [0.2, 0.25) is 0 Å². The molecule has 0 spiro atoms. The lowest BCUT2D eigenvalue weighted by Crippen LogP contribution is -2.38. The second kappa shape index (κ2) is 4.54. The molecule has 1 aromatic rings. The van der Waals surface area contributed by atoms with Gasteiger partial charge in [0.1, 0.15) is 5.82 Å². The number of fused-ring (bicyclic) bond motifs is 2. The molecule has 2 aliphatic rings. The summed E-state index contributed by atoms with van der Waals surface area (Å²) in [5.41, 5.74) is 0.0853. The van der Waals surface area contributed by atoms with Gasteiger partial charge in [-0.3, -0.25) is 4.79 Å². The summed E-state index contributed by atoms with van der Waals surface area (Å²) in [5, 5.41) is 3.27. The maximum absolute atomic E-state index is 13.6. The quantitative estimate of drug-likeness (QED) is 0.874. The second-order valence-electron chi connectivity index (χ2n) is 5.38. The van der Waals surface area contributed by atoms with Gasteiger partial charge in [-0.25, -0.2) is 4.39 Å². The van der Waals surface area contributed by atoms with Crippen molar-refractivity contribution in [3.63, 3.8) is 0 Å². The van der Waals surface area contributed by atoms with Crippen LogP contribution in [-0.2, 0) is 0 Å². The highest BCUT2D eigenvalue weighted by atomic mass is 35.5. The Hall–Kier alpha value is -1.09. The highest BCUT2D eigenvalue weighted by molar-refractivity contribution is 6.30. The van der Waals surface area contributed by atoms with Gasteiger partial charge in [0.05, 0.1) is 5.56 Å². The SMILES string of the molecule is O=C(N[C@H]1C[C@H]2CC[C@@H]1C2)c1ccc(Cl)cc1F. The summed E-state index contributed by atoms with van der Waals surface area (Å²) in [6.07, 6.45) is 4.74. The van der Waals surface area contributed by atoms with Gasteiger partial charge in [-0.2, -0.15) is 0 Å². The second-order valence-corrected chi connectivity index (χ2v) is 5.82. The number of halogens is 2. The Morgan fingerprint density at radius 3 is 2.78 bits per heavy atom. The van der Waals surface area contributed by atoms with Crippen LogP contribution < -0.4 is 5.32 Å². The normalized spacial score (nSPS) is 29.6. The number of amides is 1. The van der Waals surface area contributed by atoms with Crippen molar-refractivity contribution >= 4 is 17.5 Å². The zero-order chi connectivity index (χ0) is 12.7. The molecule has 96 valence electrons. The minimum atomic E-state index is -0.553. The van der Waals surface area contributed by atoms with Gasteiger partial charge in [-0.1, -0.05) is 18.0 Å². The third-order valence-corrected chi connectivity index (χ3v) is 4.47. The first-order valence-electron chi connectivity index (χ1n) is 6.39. The number of hydrogen-bond acceptors (Lipinski definition) is 1. The van der Waals surface area contributed by atoms with E-state index in [0.29, 0.717) is 10.9 Å². The number of hydrogen-bond donors (Lipinski definition) is 1. The molecule has 2 saturated carbocycles. The van der Waals surface area contributed by atoms with Gasteiger partial charge in [0.15, 0.2) is 0 Å². The molecule has 0 radical (unpaired) electrons. The van der Waals surface area contributed by atoms with E-state index in [2.05, 4.69) is 5.32 Å². The van der Waals surface area contributed by atoms with Gasteiger partial charge in [0, 0.05) is 11.1 Å². The van der Waals surface area contributed by atoms with Crippen molar-refractivity contribution in [1.82, 2.24) is 5.32 Å². The summed E-state index contributed by atoms with van der Waals surface area (Å²) >= 11 is 5.67. The first-order valence-corrected chi connectivity index (χ1v) is 6.77. The first kappa shape index (κ1) is 12.0. The van der Waals surface area contributed by atoms with Gasteiger partial charge in [0.25, 0.3) is 5.91 Å². The van der Waals surface area contributed by atoms with Crippen molar-refractivity contribution in [2.75, 3.05) is 0 Å². The molecule has 2 nitrogen and oxygen atoms in total. The maximum Gasteiger partial charge on any atom is 0.254 e. The van der Waals surface area contributed by atoms with Crippen LogP contribution in [0.25, 0.3) is 0 Å². The van der Waals surface area contributed by atoms with Crippen molar-refractivity contribution in [2.45, 2.75) is 31.7 Å². The molecular formula is C14H15ClFNO. The van der Waals surface area contributed by atoms with Crippen LogP contribution in [0, 0.1) is 17.7 Å². The maximum atomic E-state index is 13.6. The summed E-state index contributed by atoms with van der Waals surface area (Å²) < 4.78 is 13.6. The number of carbonyl (C=O) groups excluding carboxylic acids is 1. The predicted molar refractivity (Wildman–Crippen MR) is 68.1 cm³/mol. The molecule has 0 heterocycles. The molecule has 1 aromatic carbocycles. The molecule has 2 fully saturated rings. The smallest absolute Gasteiger partial charge is 0.254 e. The van der Waals surface area contributed by atoms with Gasteiger partial charge in [-0.15, -0.1) is 0 Å². The van der Waals surface area contributed by atoms with Crippen LogP contribution in [0.2, 0.25) is 5.02 Å². The molecule has 2 aliphatic carbocycles. The van der Waals surface area contributed by atoms with Crippen molar-refractivity contribution in [3.05, 3.63) is 34.6 Å². The first-order chi connectivity index (χ1) is 8.63. The summed E-state index contributed by atoms with van der Waals surface area (Å²) in [4.78, 5) is 12.0. The number of carbonyl (C=O) groups is 1. The Labute approximate surface area is 111 Å². The fraction of sp³-hybridized carbons (Fsp3) is 0.500. The van der Waals surface area contributed by atoms with E-state index in [1.165, 1.54) is 31.4 Å². The zero-order valence-electron chi connectivity index (χ0n) is 9.96. The van der Waals surface area contributed by atoms with E-state index in [1.807, 2.05) is 0 Å². The zero-order valence-corrected chi connectivity index (χ0v) is 10.7. The van der Waals surface area contributed by atoms with Crippen LogP contribution in [0.5, 0.6) is 0 Å². The van der Waals surface area contributed by atoms with Gasteiger partial charge in [-0.05, 0) is 49.3 Å². The summed E-state index contributed by atoms with van der Waals surface area (Å²) in [7, 11) is 0. The summed E-state index contributed by atoms with van der Waals surface area (Å²) in [5.74, 6) is 0.481. The minimum Gasteiger partial charge on any atom is -0.349 e. The Morgan fingerprint density at radius 1 is 1.33 bits per heavy atom. The average Bonchev–Trinajstić information content (AvgIpc) is 2.90. The topological polar surface area (TPSA) is 29.1 Å². The molecule has 3 rings (SSSR count). The molecule has 0 aliphatic heterocycles. The Kier molecular flexibility index (Phi) is 3.02. The predicted octanol–water partition coefficient (Wildman–Crippen LogP) is 3.40. The average molecular weight is 268 g/mol. The van der Waals surface area contributed by atoms with Crippen molar-refractivity contribution in [1.29, 1.82) is 0 Å². The fourth-order valence-corrected chi connectivity index (χ4v) is 3.50. The largest absolute Gasteiger partial charge is 0.349 e. The van der Waals surface area contributed by atoms with E-state index in [-0.39, 0.29) is 17.5 Å². The van der Waals surface area contributed by atoms with Crippen LogP contribution in [0.4, 0.5) is 4.39 Å². The van der Waals surface area contributed by atoms with Crippen LogP contribution >= 0.6 is 11.6 Å². The lowest BCUT2D eigenvalue weighted by atomic mass is 9.95. The molecule has 0 aromatic heterocycles. The molecule has 1 amide bonds. The van der Waals surface area contributed by atoms with E-state index < -0.39 is 5.82 Å². The molecule has 18 heavy (non-hydrogen) atoms. The standard InChI is InChI=1S/C14H15ClFNO/c15-10-3-4-11(12(16)7-10)14(18)17-13-6-8-1-2-9(13)5-8/h3-4,7-9,13H,1-2,5-6H2,(H,17,18)/t8-,9+,13-/m0/s1. The highest BCUT2D eigenvalue weighted by Gasteiger charge is 2.40. The van der Waals surface area contributed by atoms with Crippen molar-refractivity contribution in [2.24, 2.45) is 11.8 Å². The van der Waals surface area contributed by atoms with Crippen LogP contribution in [0.3, 0.4) is 0 Å². The van der Waals surface area contributed by atoms with E-state index >= 15 is 0 Å². The lowest BCUT2D eigenvalue weighted by molar-refractivity contribution is 0.0919. The molecule has 4 heteroatoms. The Balaban J connectivity index is 1.71. The summed E-state index contributed by atoms with van der Waals surface area (Å²) in [6.45, 7) is 0. The molecule has 3 atom stereocenters. The van der Waals surface area contributed by atoms with Crippen LogP contribution in [0.1, 0.15) is 36.0 Å². The number of rotatable bonds is 2. The molecular weight excluding hydrogens is 253 g/mol. The van der Waals surface area contributed by atoms with E-state index in [1.54, 1.807) is 6.07 Å². The third-order valence-electron chi connectivity index (χ3n) is 4.23. The molecule has 0 saturated heterocycles. The van der Waals surface area contributed by atoms with Crippen LogP contribution in [-0.4, -0.2) is 11.9 Å². The monoisotopic (exact) mass is 267 g/mol. The Bertz CT molecular complexity index is 491. The van der Waals surface area contributed by atoms with Crippen molar-refractivity contribution < 1.29 is 9.18 Å². The lowest BCUT2D eigenvalue weighted by Gasteiger charge is -2.23. The Morgan fingerprint density at radius 2 is 2.17 bits per heavy atom. The number of nitrogens with one attached hydrogen (secondary N) is 1. The molecule has 2 bridgehead atoms. The fourth-order valence-electron chi connectivity index (χ4n) is 3.34. The third kappa shape index (κ3) is 2.12. The highest BCUT2D eigenvalue weighted by Crippen LogP contribution is 2.44. The van der Waals surface area contributed by atoms with Gasteiger partial charge >= 0.3 is 0 Å². The van der Waals surface area contributed by atoms with E-state index in [0.717, 1.165) is 12.3 Å². The van der Waals surface area contributed by atoms with Gasteiger partial charge < -0.3 is 5.32 Å².